The quantitative estimate of drug-likeness (QED) is 0.609. The molecule has 0 N–H and O–H groups in total. The monoisotopic (exact) mass is 251 g/mol. The van der Waals surface area contributed by atoms with E-state index in [1.54, 1.807) is 0 Å². The molecule has 0 fully saturated rings. The van der Waals surface area contributed by atoms with Crippen molar-refractivity contribution in [2.45, 2.75) is 19.8 Å². The molecule has 7 heteroatoms. The van der Waals surface area contributed by atoms with Gasteiger partial charge < -0.3 is 4.74 Å². The molecule has 94 valence electrons. The zero-order valence-electron chi connectivity index (χ0n) is 8.79. The van der Waals surface area contributed by atoms with Crippen LogP contribution in [0.25, 0.3) is 0 Å². The smallest absolute Gasteiger partial charge is 0.338 e. The number of nitrogens with zero attached hydrogens (tertiary/aromatic N) is 1. The van der Waals surface area contributed by atoms with Crippen LogP contribution < -0.4 is 0 Å². The van der Waals surface area contributed by atoms with Crippen LogP contribution in [0.15, 0.2) is 12.3 Å². The molecule has 0 radical (unpaired) electrons. The van der Waals surface area contributed by atoms with Gasteiger partial charge in [0.2, 0.25) is 0 Å². The Morgan fingerprint density at radius 2 is 2.00 bits per heavy atom. The van der Waals surface area contributed by atoms with Crippen molar-refractivity contribution in [3.05, 3.63) is 29.1 Å². The third-order valence-corrected chi connectivity index (χ3v) is 1.91. The van der Waals surface area contributed by atoms with E-state index in [9.17, 15) is 22.4 Å². The van der Waals surface area contributed by atoms with E-state index in [1.165, 1.54) is 6.92 Å². The van der Waals surface area contributed by atoms with E-state index in [0.717, 1.165) is 0 Å². The van der Waals surface area contributed by atoms with Crippen molar-refractivity contribution in [1.82, 2.24) is 4.98 Å². The molecule has 0 aliphatic heterocycles. The fourth-order valence-electron chi connectivity index (χ4n) is 1.16. The molecule has 0 amide bonds. The van der Waals surface area contributed by atoms with Gasteiger partial charge in [-0.25, -0.2) is 22.4 Å². The Kier molecular flexibility index (Phi) is 4.42. The van der Waals surface area contributed by atoms with Gasteiger partial charge in [0, 0.05) is 6.20 Å². The first-order valence-corrected chi connectivity index (χ1v) is 4.70. The van der Waals surface area contributed by atoms with Gasteiger partial charge in [-0.05, 0) is 13.0 Å². The summed E-state index contributed by atoms with van der Waals surface area (Å²) in [5.74, 6) is -1.06. The van der Waals surface area contributed by atoms with E-state index in [4.69, 9.17) is 0 Å². The third kappa shape index (κ3) is 3.15. The van der Waals surface area contributed by atoms with Crippen molar-refractivity contribution in [1.29, 1.82) is 0 Å². The summed E-state index contributed by atoms with van der Waals surface area (Å²) in [6, 6.07) is 0.629. The Morgan fingerprint density at radius 1 is 1.35 bits per heavy atom. The minimum Gasteiger partial charge on any atom is -0.462 e. The average molecular weight is 251 g/mol. The maximum atomic E-state index is 12.5. The molecule has 1 aromatic heterocycles. The lowest BCUT2D eigenvalue weighted by Gasteiger charge is -2.09. The second-order valence-electron chi connectivity index (χ2n) is 3.02. The number of esters is 1. The van der Waals surface area contributed by atoms with Gasteiger partial charge in [0.05, 0.1) is 17.7 Å². The number of rotatable bonds is 4. The molecule has 0 spiro atoms. The molecule has 0 aromatic carbocycles. The summed E-state index contributed by atoms with van der Waals surface area (Å²) >= 11 is 0. The van der Waals surface area contributed by atoms with Gasteiger partial charge in [-0.15, -0.1) is 0 Å². The van der Waals surface area contributed by atoms with Crippen LogP contribution in [0, 0.1) is 0 Å². The summed E-state index contributed by atoms with van der Waals surface area (Å²) in [6.45, 7) is 1.45. The highest BCUT2D eigenvalue weighted by molar-refractivity contribution is 5.91. The number of carbonyl (C=O) groups excluding carboxylic acids is 1. The van der Waals surface area contributed by atoms with Crippen LogP contribution in [-0.2, 0) is 4.74 Å². The highest BCUT2D eigenvalue weighted by Crippen LogP contribution is 2.26. The van der Waals surface area contributed by atoms with Crippen LogP contribution in [0.5, 0.6) is 0 Å². The van der Waals surface area contributed by atoms with E-state index in [2.05, 4.69) is 9.72 Å². The van der Waals surface area contributed by atoms with Crippen LogP contribution in [0.1, 0.15) is 41.4 Å². The Balaban J connectivity index is 3.20. The summed E-state index contributed by atoms with van der Waals surface area (Å²) in [7, 11) is 0. The fraction of sp³-hybridized carbons (Fsp3) is 0.400. The lowest BCUT2D eigenvalue weighted by molar-refractivity contribution is 0.0514. The molecule has 0 saturated heterocycles. The molecule has 1 rings (SSSR count). The van der Waals surface area contributed by atoms with Crippen molar-refractivity contribution >= 4 is 5.97 Å². The number of alkyl halides is 4. The SMILES string of the molecule is CCOC(=O)c1cc(C(F)F)ncc1C(F)F. The molecule has 1 aromatic rings. The predicted molar refractivity (Wildman–Crippen MR) is 50.1 cm³/mol. The van der Waals surface area contributed by atoms with Crippen LogP contribution >= 0.6 is 0 Å². The molecular formula is C10H9F4NO2. The maximum Gasteiger partial charge on any atom is 0.338 e. The van der Waals surface area contributed by atoms with Gasteiger partial charge in [0.25, 0.3) is 12.9 Å². The highest BCUT2D eigenvalue weighted by atomic mass is 19.3. The van der Waals surface area contributed by atoms with Gasteiger partial charge >= 0.3 is 5.97 Å². The third-order valence-electron chi connectivity index (χ3n) is 1.91. The summed E-state index contributed by atoms with van der Waals surface area (Å²) in [5.41, 5.74) is -2.03. The Hall–Kier alpha value is -1.66. The van der Waals surface area contributed by atoms with Crippen LogP contribution in [0.2, 0.25) is 0 Å². The van der Waals surface area contributed by atoms with Gasteiger partial charge in [-0.1, -0.05) is 0 Å². The summed E-state index contributed by atoms with van der Waals surface area (Å²) in [5, 5.41) is 0. The molecule has 0 saturated carbocycles. The second-order valence-corrected chi connectivity index (χ2v) is 3.02. The minimum atomic E-state index is -2.98. The first kappa shape index (κ1) is 13.4. The first-order valence-electron chi connectivity index (χ1n) is 4.70. The number of pyridine rings is 1. The van der Waals surface area contributed by atoms with Gasteiger partial charge in [0.15, 0.2) is 0 Å². The fourth-order valence-corrected chi connectivity index (χ4v) is 1.16. The van der Waals surface area contributed by atoms with Crippen molar-refractivity contribution in [2.24, 2.45) is 0 Å². The molecule has 0 unspecified atom stereocenters. The lowest BCUT2D eigenvalue weighted by atomic mass is 10.1. The second kappa shape index (κ2) is 5.60. The highest BCUT2D eigenvalue weighted by Gasteiger charge is 2.22. The number of ether oxygens (including phenoxy) is 1. The van der Waals surface area contributed by atoms with E-state index in [0.29, 0.717) is 12.3 Å². The molecule has 0 atom stereocenters. The van der Waals surface area contributed by atoms with E-state index >= 15 is 0 Å². The molecule has 3 nitrogen and oxygen atoms in total. The molecule has 0 aliphatic carbocycles. The van der Waals surface area contributed by atoms with Crippen LogP contribution in [-0.4, -0.2) is 17.6 Å². The standard InChI is InChI=1S/C10H9F4NO2/c1-2-17-10(16)5-3-7(9(13)14)15-4-6(5)8(11)12/h3-4,8-9H,2H2,1H3. The van der Waals surface area contributed by atoms with E-state index < -0.39 is 35.6 Å². The maximum absolute atomic E-state index is 12.5. The van der Waals surface area contributed by atoms with Crippen molar-refractivity contribution in [2.75, 3.05) is 6.61 Å². The van der Waals surface area contributed by atoms with Crippen molar-refractivity contribution in [3.63, 3.8) is 0 Å². The number of halogens is 4. The molecule has 17 heavy (non-hydrogen) atoms. The minimum absolute atomic E-state index is 0.0339. The summed E-state index contributed by atoms with van der Waals surface area (Å²) in [4.78, 5) is 14.5. The predicted octanol–water partition coefficient (Wildman–Crippen LogP) is 3.13. The average Bonchev–Trinajstić information content (AvgIpc) is 2.28. The molecular weight excluding hydrogens is 242 g/mol. The Morgan fingerprint density at radius 3 is 2.47 bits per heavy atom. The zero-order chi connectivity index (χ0) is 13.0. The van der Waals surface area contributed by atoms with Crippen LogP contribution in [0.4, 0.5) is 17.6 Å². The lowest BCUT2D eigenvalue weighted by Crippen LogP contribution is -2.10. The summed E-state index contributed by atoms with van der Waals surface area (Å²) in [6.07, 6.45) is -5.35. The molecule has 1 heterocycles. The number of hydrogen-bond donors (Lipinski definition) is 0. The number of aromatic nitrogens is 1. The molecule has 0 aliphatic rings. The zero-order valence-corrected chi connectivity index (χ0v) is 8.79. The van der Waals surface area contributed by atoms with Crippen LogP contribution in [0.3, 0.4) is 0 Å². The van der Waals surface area contributed by atoms with Gasteiger partial charge in [-0.3, -0.25) is 4.98 Å². The van der Waals surface area contributed by atoms with Crippen molar-refractivity contribution in [3.8, 4) is 0 Å². The largest absolute Gasteiger partial charge is 0.462 e. The number of carbonyl (C=O) groups is 1. The summed E-state index contributed by atoms with van der Waals surface area (Å²) < 4.78 is 54.2. The topological polar surface area (TPSA) is 39.2 Å². The normalized spacial score (nSPS) is 11.0. The van der Waals surface area contributed by atoms with E-state index in [-0.39, 0.29) is 6.61 Å². The van der Waals surface area contributed by atoms with Gasteiger partial charge in [-0.2, -0.15) is 0 Å². The van der Waals surface area contributed by atoms with Gasteiger partial charge in [0.1, 0.15) is 5.69 Å². The first-order chi connectivity index (χ1) is 7.97. The van der Waals surface area contributed by atoms with E-state index in [1.807, 2.05) is 0 Å². The Bertz CT molecular complexity index is 409. The van der Waals surface area contributed by atoms with Crippen molar-refractivity contribution < 1.29 is 27.1 Å². The molecule has 0 bridgehead atoms. The number of hydrogen-bond acceptors (Lipinski definition) is 3. The Labute approximate surface area is 94.4 Å².